The van der Waals surface area contributed by atoms with Crippen LogP contribution in [0.15, 0.2) is 0 Å². The Hall–Kier alpha value is 0.310. The Kier molecular flexibility index (Phi) is 4.37. The largest absolute Gasteiger partial charge is 0.329 e. The molecule has 1 N–H and O–H groups in total. The molecule has 0 aromatic heterocycles. The average Bonchev–Trinajstić information content (AvgIpc) is 1.81. The number of hydrogen-bond acceptors (Lipinski definition) is 3. The second kappa shape index (κ2) is 4.24. The van der Waals surface area contributed by atoms with Crippen LogP contribution in [0.2, 0.25) is 0 Å². The Morgan fingerprint density at radius 3 is 2.20 bits per heavy atom. The molecule has 0 aliphatic heterocycles. The molecule has 0 spiro atoms. The van der Waals surface area contributed by atoms with Crippen molar-refractivity contribution < 1.29 is 13.9 Å². The van der Waals surface area contributed by atoms with Crippen molar-refractivity contribution in [3.05, 3.63) is 0 Å². The van der Waals surface area contributed by atoms with Crippen LogP contribution in [-0.4, -0.2) is 18.6 Å². The molecule has 0 radical (unpaired) electrons. The lowest BCUT2D eigenvalue weighted by molar-refractivity contribution is 0.161. The van der Waals surface area contributed by atoms with Crippen LogP contribution in [0.5, 0.6) is 0 Å². The van der Waals surface area contributed by atoms with E-state index in [0.29, 0.717) is 6.61 Å². The quantitative estimate of drug-likeness (QED) is 0.651. The lowest BCUT2D eigenvalue weighted by Crippen LogP contribution is -2.12. The highest BCUT2D eigenvalue weighted by Gasteiger charge is 2.13. The van der Waals surface area contributed by atoms with E-state index < -0.39 is 8.60 Å². The van der Waals surface area contributed by atoms with Crippen molar-refractivity contribution >= 4 is 8.60 Å². The van der Waals surface area contributed by atoms with Crippen LogP contribution in [-0.2, 0) is 9.05 Å². The zero-order valence-electron chi connectivity index (χ0n) is 6.92. The van der Waals surface area contributed by atoms with Crippen molar-refractivity contribution in [1.29, 1.82) is 0 Å². The van der Waals surface area contributed by atoms with Crippen LogP contribution in [0.25, 0.3) is 0 Å². The van der Waals surface area contributed by atoms with E-state index in [4.69, 9.17) is 9.42 Å². The molecular formula is C6H15O3P. The minimum atomic E-state index is -1.64. The van der Waals surface area contributed by atoms with Crippen molar-refractivity contribution in [1.82, 2.24) is 0 Å². The molecule has 0 fully saturated rings. The maximum absolute atomic E-state index is 8.84. The summed E-state index contributed by atoms with van der Waals surface area (Å²) in [6.45, 7) is 6.62. The highest BCUT2D eigenvalue weighted by molar-refractivity contribution is 7.40. The van der Waals surface area contributed by atoms with Gasteiger partial charge in [-0.1, -0.05) is 20.8 Å². The highest BCUT2D eigenvalue weighted by atomic mass is 31.2. The third-order valence-electron chi connectivity index (χ3n) is 0.764. The smallest absolute Gasteiger partial charge is 0.328 e. The number of rotatable bonds is 3. The summed E-state index contributed by atoms with van der Waals surface area (Å²) in [5.41, 5.74) is 0.0852. The van der Waals surface area contributed by atoms with Crippen molar-refractivity contribution in [3.8, 4) is 0 Å². The van der Waals surface area contributed by atoms with Crippen LogP contribution >= 0.6 is 8.60 Å². The van der Waals surface area contributed by atoms with Crippen molar-refractivity contribution in [3.63, 3.8) is 0 Å². The second-order valence-corrected chi connectivity index (χ2v) is 4.35. The van der Waals surface area contributed by atoms with Crippen molar-refractivity contribution in [2.45, 2.75) is 20.8 Å². The van der Waals surface area contributed by atoms with Gasteiger partial charge in [-0.05, 0) is 5.41 Å². The molecule has 0 amide bonds. The molecule has 0 heterocycles. The van der Waals surface area contributed by atoms with Crippen LogP contribution in [0, 0.1) is 5.41 Å². The van der Waals surface area contributed by atoms with Gasteiger partial charge >= 0.3 is 8.60 Å². The van der Waals surface area contributed by atoms with E-state index in [2.05, 4.69) is 4.52 Å². The van der Waals surface area contributed by atoms with Gasteiger partial charge < -0.3 is 13.9 Å². The van der Waals surface area contributed by atoms with Gasteiger partial charge in [0.15, 0.2) is 0 Å². The van der Waals surface area contributed by atoms with E-state index in [9.17, 15) is 0 Å². The molecule has 3 nitrogen and oxygen atoms in total. The summed E-state index contributed by atoms with van der Waals surface area (Å²) in [6, 6.07) is 0. The first-order valence-electron chi connectivity index (χ1n) is 3.12. The molecule has 0 aliphatic rings. The maximum atomic E-state index is 8.84. The van der Waals surface area contributed by atoms with Crippen molar-refractivity contribution in [2.75, 3.05) is 13.7 Å². The van der Waals surface area contributed by atoms with E-state index in [-0.39, 0.29) is 5.41 Å². The lowest BCUT2D eigenvalue weighted by atomic mass is 9.99. The Morgan fingerprint density at radius 1 is 1.40 bits per heavy atom. The van der Waals surface area contributed by atoms with Gasteiger partial charge in [0, 0.05) is 7.11 Å². The SMILES string of the molecule is COP(O)OCC(C)(C)C. The van der Waals surface area contributed by atoms with E-state index in [1.54, 1.807) is 0 Å². The average molecular weight is 166 g/mol. The van der Waals surface area contributed by atoms with Gasteiger partial charge in [-0.3, -0.25) is 0 Å². The summed E-state index contributed by atoms with van der Waals surface area (Å²) in [6.07, 6.45) is 0. The molecule has 0 aliphatic carbocycles. The summed E-state index contributed by atoms with van der Waals surface area (Å²) >= 11 is 0. The molecule has 0 aromatic carbocycles. The minimum absolute atomic E-state index is 0.0852. The Bertz CT molecular complexity index is 89.5. The molecule has 0 bridgehead atoms. The summed E-state index contributed by atoms with van der Waals surface area (Å²) in [4.78, 5) is 8.84. The summed E-state index contributed by atoms with van der Waals surface area (Å²) in [7, 11) is -0.218. The molecule has 10 heavy (non-hydrogen) atoms. The van der Waals surface area contributed by atoms with E-state index >= 15 is 0 Å². The summed E-state index contributed by atoms with van der Waals surface area (Å²) in [5, 5.41) is 0. The summed E-state index contributed by atoms with van der Waals surface area (Å²) in [5.74, 6) is 0. The van der Waals surface area contributed by atoms with Gasteiger partial charge in [0.25, 0.3) is 0 Å². The fourth-order valence-electron chi connectivity index (χ4n) is 0.302. The molecule has 62 valence electrons. The Labute approximate surface area is 63.3 Å². The van der Waals surface area contributed by atoms with Crippen LogP contribution in [0.4, 0.5) is 0 Å². The second-order valence-electron chi connectivity index (χ2n) is 3.25. The van der Waals surface area contributed by atoms with Crippen molar-refractivity contribution in [2.24, 2.45) is 5.41 Å². The van der Waals surface area contributed by atoms with E-state index in [0.717, 1.165) is 0 Å². The van der Waals surface area contributed by atoms with Gasteiger partial charge in [0.05, 0.1) is 6.61 Å². The molecule has 4 heteroatoms. The Morgan fingerprint density at radius 2 is 1.90 bits per heavy atom. The highest BCUT2D eigenvalue weighted by Crippen LogP contribution is 2.33. The molecule has 0 rings (SSSR count). The first-order valence-corrected chi connectivity index (χ1v) is 4.25. The van der Waals surface area contributed by atoms with E-state index in [1.165, 1.54) is 7.11 Å². The first-order chi connectivity index (χ1) is 4.45. The molecular weight excluding hydrogens is 151 g/mol. The zero-order valence-corrected chi connectivity index (χ0v) is 7.81. The fraction of sp³-hybridized carbons (Fsp3) is 1.00. The molecule has 0 aromatic rings. The van der Waals surface area contributed by atoms with Crippen LogP contribution < -0.4 is 0 Å². The lowest BCUT2D eigenvalue weighted by Gasteiger charge is -2.18. The monoisotopic (exact) mass is 166 g/mol. The van der Waals surface area contributed by atoms with Gasteiger partial charge in [-0.15, -0.1) is 0 Å². The predicted octanol–water partition coefficient (Wildman–Crippen LogP) is 1.91. The van der Waals surface area contributed by atoms with Crippen LogP contribution in [0.1, 0.15) is 20.8 Å². The van der Waals surface area contributed by atoms with Gasteiger partial charge in [0.2, 0.25) is 0 Å². The Balaban J connectivity index is 3.36. The molecule has 0 saturated carbocycles. The summed E-state index contributed by atoms with van der Waals surface area (Å²) < 4.78 is 9.50. The zero-order chi connectivity index (χ0) is 8.20. The maximum Gasteiger partial charge on any atom is 0.329 e. The van der Waals surface area contributed by atoms with Crippen LogP contribution in [0.3, 0.4) is 0 Å². The molecule has 0 saturated heterocycles. The third-order valence-corrected chi connectivity index (χ3v) is 1.43. The first kappa shape index (κ1) is 10.3. The van der Waals surface area contributed by atoms with E-state index in [1.807, 2.05) is 20.8 Å². The fourth-order valence-corrected chi connectivity index (χ4v) is 0.905. The minimum Gasteiger partial charge on any atom is -0.328 e. The predicted molar refractivity (Wildman–Crippen MR) is 41.6 cm³/mol. The van der Waals surface area contributed by atoms with Gasteiger partial charge in [0.1, 0.15) is 0 Å². The molecule has 1 atom stereocenters. The standard InChI is InChI=1S/C6H15O3P/c1-6(2,3)5-9-10(7)8-4/h7H,5H2,1-4H3. The molecule has 1 unspecified atom stereocenters. The van der Waals surface area contributed by atoms with Gasteiger partial charge in [-0.2, -0.15) is 0 Å². The third kappa shape index (κ3) is 6.43. The number of hydrogen-bond donors (Lipinski definition) is 1. The van der Waals surface area contributed by atoms with Gasteiger partial charge in [-0.25, -0.2) is 0 Å². The normalized spacial score (nSPS) is 15.3. The topological polar surface area (TPSA) is 38.7 Å².